The minimum Gasteiger partial charge on any atom is -0.384 e. The molecule has 0 aliphatic rings. The zero-order chi connectivity index (χ0) is 10.9. The predicted octanol–water partition coefficient (Wildman–Crippen LogP) is 2.23. The Hall–Kier alpha value is -0.990. The number of nitrogens with zero attached hydrogens (tertiary/aromatic N) is 2. The molecule has 1 rings (SSSR count). The van der Waals surface area contributed by atoms with E-state index >= 15 is 0 Å². The Balaban J connectivity index is 2.70. The highest BCUT2D eigenvalue weighted by Crippen LogP contribution is 2.28. The number of hydrogen-bond acceptors (Lipinski definition) is 2. The summed E-state index contributed by atoms with van der Waals surface area (Å²) in [4.78, 5) is 0. The van der Waals surface area contributed by atoms with Gasteiger partial charge in [-0.25, -0.2) is 0 Å². The summed E-state index contributed by atoms with van der Waals surface area (Å²) < 4.78 is 1.73. The SMILES string of the molecule is CC(Cc1cc(N)n(C)n1)C(C)(C)C. The van der Waals surface area contributed by atoms with Crippen LogP contribution in [0.3, 0.4) is 0 Å². The highest BCUT2D eigenvalue weighted by atomic mass is 15.3. The van der Waals surface area contributed by atoms with Crippen LogP contribution in [-0.4, -0.2) is 9.78 Å². The molecule has 3 nitrogen and oxygen atoms in total. The van der Waals surface area contributed by atoms with Crippen LogP contribution in [0.25, 0.3) is 0 Å². The molecule has 0 saturated carbocycles. The van der Waals surface area contributed by atoms with E-state index in [1.807, 2.05) is 13.1 Å². The molecule has 80 valence electrons. The number of aryl methyl sites for hydroxylation is 1. The van der Waals surface area contributed by atoms with E-state index in [4.69, 9.17) is 5.73 Å². The first-order chi connectivity index (χ1) is 6.30. The zero-order valence-corrected chi connectivity index (χ0v) is 9.83. The molecule has 0 aliphatic heterocycles. The number of rotatable bonds is 2. The van der Waals surface area contributed by atoms with Gasteiger partial charge in [0.05, 0.1) is 5.69 Å². The Morgan fingerprint density at radius 1 is 1.50 bits per heavy atom. The molecular weight excluding hydrogens is 174 g/mol. The summed E-state index contributed by atoms with van der Waals surface area (Å²) in [7, 11) is 1.88. The Morgan fingerprint density at radius 2 is 2.07 bits per heavy atom. The monoisotopic (exact) mass is 195 g/mol. The molecule has 3 heteroatoms. The summed E-state index contributed by atoms with van der Waals surface area (Å²) in [6.45, 7) is 9.02. The van der Waals surface area contributed by atoms with Crippen molar-refractivity contribution in [1.82, 2.24) is 9.78 Å². The Morgan fingerprint density at radius 3 is 2.43 bits per heavy atom. The van der Waals surface area contributed by atoms with Crippen molar-refractivity contribution >= 4 is 5.82 Å². The van der Waals surface area contributed by atoms with Crippen LogP contribution in [0.4, 0.5) is 5.82 Å². The first kappa shape index (κ1) is 11.1. The van der Waals surface area contributed by atoms with Crippen molar-refractivity contribution in [3.05, 3.63) is 11.8 Å². The van der Waals surface area contributed by atoms with E-state index < -0.39 is 0 Å². The number of aromatic nitrogens is 2. The van der Waals surface area contributed by atoms with Crippen molar-refractivity contribution in [3.63, 3.8) is 0 Å². The van der Waals surface area contributed by atoms with Gasteiger partial charge in [0.1, 0.15) is 5.82 Å². The van der Waals surface area contributed by atoms with Gasteiger partial charge in [-0.1, -0.05) is 27.7 Å². The summed E-state index contributed by atoms with van der Waals surface area (Å²) in [5.74, 6) is 1.35. The van der Waals surface area contributed by atoms with Crippen LogP contribution in [-0.2, 0) is 13.5 Å². The maximum absolute atomic E-state index is 5.73. The molecule has 14 heavy (non-hydrogen) atoms. The van der Waals surface area contributed by atoms with Crippen LogP contribution in [0.2, 0.25) is 0 Å². The molecule has 0 aromatic carbocycles. The van der Waals surface area contributed by atoms with E-state index in [0.717, 1.165) is 17.9 Å². The van der Waals surface area contributed by atoms with E-state index in [2.05, 4.69) is 32.8 Å². The van der Waals surface area contributed by atoms with Crippen LogP contribution >= 0.6 is 0 Å². The molecule has 0 amide bonds. The topological polar surface area (TPSA) is 43.8 Å². The lowest BCUT2D eigenvalue weighted by Crippen LogP contribution is -2.19. The molecule has 0 fully saturated rings. The van der Waals surface area contributed by atoms with Gasteiger partial charge >= 0.3 is 0 Å². The van der Waals surface area contributed by atoms with Gasteiger partial charge in [0.25, 0.3) is 0 Å². The van der Waals surface area contributed by atoms with Crippen LogP contribution in [0.5, 0.6) is 0 Å². The zero-order valence-electron chi connectivity index (χ0n) is 9.83. The molecule has 2 N–H and O–H groups in total. The van der Waals surface area contributed by atoms with Gasteiger partial charge in [-0.15, -0.1) is 0 Å². The van der Waals surface area contributed by atoms with E-state index in [-0.39, 0.29) is 0 Å². The van der Waals surface area contributed by atoms with Gasteiger partial charge in [-0.2, -0.15) is 5.10 Å². The summed E-state index contributed by atoms with van der Waals surface area (Å²) in [5, 5.41) is 4.36. The molecular formula is C11H21N3. The van der Waals surface area contributed by atoms with Crippen LogP contribution in [0, 0.1) is 11.3 Å². The average molecular weight is 195 g/mol. The van der Waals surface area contributed by atoms with E-state index in [9.17, 15) is 0 Å². The van der Waals surface area contributed by atoms with Gasteiger partial charge in [-0.3, -0.25) is 4.68 Å². The average Bonchev–Trinajstić information content (AvgIpc) is 2.29. The standard InChI is InChI=1S/C11H21N3/c1-8(11(2,3)4)6-9-7-10(12)14(5)13-9/h7-8H,6,12H2,1-5H3. The maximum atomic E-state index is 5.73. The van der Waals surface area contributed by atoms with Crippen molar-refractivity contribution in [1.29, 1.82) is 0 Å². The second-order valence-electron chi connectivity index (χ2n) is 5.16. The molecule has 1 unspecified atom stereocenters. The highest BCUT2D eigenvalue weighted by molar-refractivity contribution is 5.30. The van der Waals surface area contributed by atoms with Gasteiger partial charge in [-0.05, 0) is 17.8 Å². The molecule has 1 atom stereocenters. The van der Waals surface area contributed by atoms with Crippen LogP contribution in [0.15, 0.2) is 6.07 Å². The van der Waals surface area contributed by atoms with E-state index in [1.54, 1.807) is 4.68 Å². The second kappa shape index (κ2) is 3.64. The lowest BCUT2D eigenvalue weighted by molar-refractivity contribution is 0.258. The third kappa shape index (κ3) is 2.50. The molecule has 1 aromatic heterocycles. The minimum absolute atomic E-state index is 0.326. The van der Waals surface area contributed by atoms with Crippen molar-refractivity contribution in [2.45, 2.75) is 34.1 Å². The largest absolute Gasteiger partial charge is 0.384 e. The fourth-order valence-corrected chi connectivity index (χ4v) is 1.26. The number of hydrogen-bond donors (Lipinski definition) is 1. The van der Waals surface area contributed by atoms with Gasteiger partial charge in [0, 0.05) is 13.1 Å². The smallest absolute Gasteiger partial charge is 0.121 e. The number of nitrogens with two attached hydrogens (primary N) is 1. The summed E-state index contributed by atoms with van der Waals surface area (Å²) in [5.41, 5.74) is 7.14. The van der Waals surface area contributed by atoms with Crippen LogP contribution < -0.4 is 5.73 Å². The third-order valence-electron chi connectivity index (χ3n) is 2.96. The van der Waals surface area contributed by atoms with Gasteiger partial charge in [0.2, 0.25) is 0 Å². The summed E-state index contributed by atoms with van der Waals surface area (Å²) >= 11 is 0. The Bertz CT molecular complexity index is 287. The quantitative estimate of drug-likeness (QED) is 0.786. The molecule has 0 bridgehead atoms. The fraction of sp³-hybridized carbons (Fsp3) is 0.727. The minimum atomic E-state index is 0.326. The first-order valence-electron chi connectivity index (χ1n) is 5.09. The molecule has 1 aromatic rings. The lowest BCUT2D eigenvalue weighted by Gasteiger charge is -2.26. The normalized spacial score (nSPS) is 14.4. The molecule has 1 heterocycles. The molecule has 0 spiro atoms. The van der Waals surface area contributed by atoms with Crippen molar-refractivity contribution in [3.8, 4) is 0 Å². The van der Waals surface area contributed by atoms with Crippen molar-refractivity contribution in [2.24, 2.45) is 18.4 Å². The number of nitrogen functional groups attached to an aromatic ring is 1. The third-order valence-corrected chi connectivity index (χ3v) is 2.96. The first-order valence-corrected chi connectivity index (χ1v) is 5.09. The summed E-state index contributed by atoms with van der Waals surface area (Å²) in [6, 6.07) is 1.96. The Kier molecular flexibility index (Phi) is 2.88. The summed E-state index contributed by atoms with van der Waals surface area (Å²) in [6.07, 6.45) is 0.995. The predicted molar refractivity (Wildman–Crippen MR) is 59.9 cm³/mol. The second-order valence-corrected chi connectivity index (χ2v) is 5.16. The lowest BCUT2D eigenvalue weighted by atomic mass is 9.79. The number of anilines is 1. The molecule has 0 saturated heterocycles. The van der Waals surface area contributed by atoms with E-state index in [0.29, 0.717) is 11.3 Å². The molecule has 0 radical (unpaired) electrons. The highest BCUT2D eigenvalue weighted by Gasteiger charge is 2.21. The van der Waals surface area contributed by atoms with Gasteiger partial charge < -0.3 is 5.73 Å². The van der Waals surface area contributed by atoms with Crippen molar-refractivity contribution in [2.75, 3.05) is 5.73 Å². The Labute approximate surface area is 86.3 Å². The fourth-order valence-electron chi connectivity index (χ4n) is 1.26. The van der Waals surface area contributed by atoms with E-state index in [1.165, 1.54) is 0 Å². The molecule has 0 aliphatic carbocycles. The van der Waals surface area contributed by atoms with Crippen molar-refractivity contribution < 1.29 is 0 Å². The van der Waals surface area contributed by atoms with Gasteiger partial charge in [0.15, 0.2) is 0 Å². The maximum Gasteiger partial charge on any atom is 0.121 e. The van der Waals surface area contributed by atoms with Crippen LogP contribution in [0.1, 0.15) is 33.4 Å².